The first kappa shape index (κ1) is 18.9. The minimum atomic E-state index is -0.169. The minimum absolute atomic E-state index is 0.169. The van der Waals surface area contributed by atoms with Crippen LogP contribution in [0.3, 0.4) is 0 Å². The molecule has 0 aliphatic carbocycles. The maximum absolute atomic E-state index is 13.1. The SMILES string of the molecule is Cn1cc2cc(NC(=O)c3cccc(N4CCCC4)n3)c(N3CCCCC3)cc2n1. The highest BCUT2D eigenvalue weighted by Crippen LogP contribution is 2.33. The Hall–Kier alpha value is -3.09. The molecule has 4 heterocycles. The number of aryl methyl sites for hydroxylation is 1. The van der Waals surface area contributed by atoms with E-state index in [2.05, 4.69) is 31.3 Å². The molecular weight excluding hydrogens is 376 g/mol. The van der Waals surface area contributed by atoms with E-state index in [9.17, 15) is 4.79 Å². The Kier molecular flexibility index (Phi) is 5.02. The van der Waals surface area contributed by atoms with Crippen LogP contribution < -0.4 is 15.1 Å². The van der Waals surface area contributed by atoms with E-state index in [4.69, 9.17) is 0 Å². The molecule has 0 atom stereocenters. The van der Waals surface area contributed by atoms with Gasteiger partial charge in [0.2, 0.25) is 0 Å². The van der Waals surface area contributed by atoms with Crippen molar-refractivity contribution in [2.24, 2.45) is 7.05 Å². The van der Waals surface area contributed by atoms with Crippen molar-refractivity contribution in [1.82, 2.24) is 14.8 Å². The van der Waals surface area contributed by atoms with E-state index in [1.54, 1.807) is 6.07 Å². The van der Waals surface area contributed by atoms with Gasteiger partial charge in [-0.2, -0.15) is 5.10 Å². The number of amides is 1. The van der Waals surface area contributed by atoms with E-state index >= 15 is 0 Å². The van der Waals surface area contributed by atoms with Gasteiger partial charge in [0.15, 0.2) is 0 Å². The molecule has 0 bridgehead atoms. The molecule has 2 aliphatic rings. The zero-order valence-corrected chi connectivity index (χ0v) is 17.5. The number of nitrogens with one attached hydrogen (secondary N) is 1. The summed E-state index contributed by atoms with van der Waals surface area (Å²) < 4.78 is 1.82. The largest absolute Gasteiger partial charge is 0.370 e. The molecule has 1 aromatic carbocycles. The number of fused-ring (bicyclic) bond motifs is 1. The fourth-order valence-electron chi connectivity index (χ4n) is 4.54. The van der Waals surface area contributed by atoms with Crippen LogP contribution >= 0.6 is 0 Å². The van der Waals surface area contributed by atoms with Crippen LogP contribution in [0.5, 0.6) is 0 Å². The molecule has 1 N–H and O–H groups in total. The highest BCUT2D eigenvalue weighted by Gasteiger charge is 2.20. The number of anilines is 3. The van der Waals surface area contributed by atoms with Gasteiger partial charge in [-0.3, -0.25) is 9.48 Å². The Balaban J connectivity index is 1.46. The van der Waals surface area contributed by atoms with E-state index in [1.165, 1.54) is 32.1 Å². The van der Waals surface area contributed by atoms with Crippen molar-refractivity contribution in [2.75, 3.05) is 41.3 Å². The van der Waals surface area contributed by atoms with Gasteiger partial charge >= 0.3 is 0 Å². The molecule has 7 heteroatoms. The number of hydrogen-bond donors (Lipinski definition) is 1. The molecule has 2 aromatic heterocycles. The third-order valence-electron chi connectivity index (χ3n) is 6.08. The number of nitrogens with zero attached hydrogens (tertiary/aromatic N) is 5. The molecular formula is C23H28N6O. The summed E-state index contributed by atoms with van der Waals surface area (Å²) in [6.45, 7) is 4.03. The summed E-state index contributed by atoms with van der Waals surface area (Å²) in [6.07, 6.45) is 7.96. The predicted octanol–water partition coefficient (Wildman–Crippen LogP) is 3.81. The van der Waals surface area contributed by atoms with Crippen molar-refractivity contribution in [1.29, 1.82) is 0 Å². The van der Waals surface area contributed by atoms with Gasteiger partial charge in [-0.1, -0.05) is 6.07 Å². The van der Waals surface area contributed by atoms with Gasteiger partial charge in [-0.05, 0) is 56.4 Å². The van der Waals surface area contributed by atoms with Gasteiger partial charge in [0.05, 0.1) is 16.9 Å². The Morgan fingerprint density at radius 1 is 0.967 bits per heavy atom. The third-order valence-corrected chi connectivity index (χ3v) is 6.08. The molecule has 0 saturated carbocycles. The summed E-state index contributed by atoms with van der Waals surface area (Å²) in [4.78, 5) is 22.4. The van der Waals surface area contributed by atoms with Crippen LogP contribution in [0, 0.1) is 0 Å². The second-order valence-electron chi connectivity index (χ2n) is 8.31. The van der Waals surface area contributed by atoms with E-state index < -0.39 is 0 Å². The average molecular weight is 405 g/mol. The van der Waals surface area contributed by atoms with Gasteiger partial charge in [0.1, 0.15) is 11.5 Å². The second kappa shape index (κ2) is 7.97. The number of piperidine rings is 1. The van der Waals surface area contributed by atoms with Gasteiger partial charge in [-0.15, -0.1) is 0 Å². The zero-order chi connectivity index (χ0) is 20.5. The van der Waals surface area contributed by atoms with Crippen molar-refractivity contribution in [3.8, 4) is 0 Å². The van der Waals surface area contributed by atoms with Crippen LogP contribution in [0.2, 0.25) is 0 Å². The second-order valence-corrected chi connectivity index (χ2v) is 8.31. The van der Waals surface area contributed by atoms with Crippen LogP contribution in [0.4, 0.5) is 17.2 Å². The molecule has 156 valence electrons. The fraction of sp³-hybridized carbons (Fsp3) is 0.435. The third kappa shape index (κ3) is 3.72. The number of benzene rings is 1. The lowest BCUT2D eigenvalue weighted by molar-refractivity contribution is 0.102. The molecule has 0 radical (unpaired) electrons. The first-order valence-electron chi connectivity index (χ1n) is 10.9. The monoisotopic (exact) mass is 404 g/mol. The highest BCUT2D eigenvalue weighted by molar-refractivity contribution is 6.06. The lowest BCUT2D eigenvalue weighted by Gasteiger charge is -2.30. The molecule has 1 amide bonds. The Morgan fingerprint density at radius 3 is 2.50 bits per heavy atom. The maximum Gasteiger partial charge on any atom is 0.274 e. The summed E-state index contributed by atoms with van der Waals surface area (Å²) in [6, 6.07) is 9.84. The molecule has 2 fully saturated rings. The first-order chi connectivity index (χ1) is 14.7. The van der Waals surface area contributed by atoms with Gasteiger partial charge in [0, 0.05) is 44.8 Å². The van der Waals surface area contributed by atoms with Gasteiger partial charge in [0.25, 0.3) is 5.91 Å². The molecule has 5 rings (SSSR count). The summed E-state index contributed by atoms with van der Waals surface area (Å²) in [5.41, 5.74) is 3.28. The van der Waals surface area contributed by atoms with E-state index in [0.29, 0.717) is 5.69 Å². The summed E-state index contributed by atoms with van der Waals surface area (Å²) >= 11 is 0. The topological polar surface area (TPSA) is 66.3 Å². The van der Waals surface area contributed by atoms with Crippen LogP contribution in [0.25, 0.3) is 10.9 Å². The lowest BCUT2D eigenvalue weighted by atomic mass is 10.1. The standard InChI is InChI=1S/C23H28N6O/c1-27-16-17-14-20(21(15-19(17)26-27)28-10-3-2-4-11-28)25-23(30)18-8-7-9-22(24-18)29-12-5-6-13-29/h7-9,14-16H,2-6,10-13H2,1H3,(H,25,30). The quantitative estimate of drug-likeness (QED) is 0.716. The number of carbonyl (C=O) groups is 1. The maximum atomic E-state index is 13.1. The Bertz CT molecular complexity index is 1060. The highest BCUT2D eigenvalue weighted by atomic mass is 16.1. The molecule has 7 nitrogen and oxygen atoms in total. The summed E-state index contributed by atoms with van der Waals surface area (Å²) in [5.74, 6) is 0.719. The molecule has 30 heavy (non-hydrogen) atoms. The van der Waals surface area contributed by atoms with Crippen LogP contribution in [-0.2, 0) is 7.05 Å². The number of carbonyl (C=O) groups excluding carboxylic acids is 1. The van der Waals surface area contributed by atoms with Crippen molar-refractivity contribution >= 4 is 34.0 Å². The summed E-state index contributed by atoms with van der Waals surface area (Å²) in [5, 5.41) is 8.73. The Morgan fingerprint density at radius 2 is 1.70 bits per heavy atom. The average Bonchev–Trinajstić information content (AvgIpc) is 3.43. The van der Waals surface area contributed by atoms with Crippen molar-refractivity contribution in [3.63, 3.8) is 0 Å². The predicted molar refractivity (Wildman–Crippen MR) is 120 cm³/mol. The van der Waals surface area contributed by atoms with E-state index in [1.807, 2.05) is 36.1 Å². The van der Waals surface area contributed by atoms with Gasteiger partial charge in [-0.25, -0.2) is 4.98 Å². The number of hydrogen-bond acceptors (Lipinski definition) is 5. The van der Waals surface area contributed by atoms with Crippen LogP contribution in [-0.4, -0.2) is 46.9 Å². The lowest BCUT2D eigenvalue weighted by Crippen LogP contribution is -2.30. The van der Waals surface area contributed by atoms with Crippen LogP contribution in [0.1, 0.15) is 42.6 Å². The molecule has 0 spiro atoms. The van der Waals surface area contributed by atoms with Crippen molar-refractivity contribution < 1.29 is 4.79 Å². The molecule has 0 unspecified atom stereocenters. The first-order valence-corrected chi connectivity index (χ1v) is 10.9. The van der Waals surface area contributed by atoms with E-state index in [0.717, 1.165) is 54.3 Å². The number of rotatable bonds is 4. The van der Waals surface area contributed by atoms with E-state index in [-0.39, 0.29) is 5.91 Å². The zero-order valence-electron chi connectivity index (χ0n) is 17.5. The molecule has 2 aliphatic heterocycles. The van der Waals surface area contributed by atoms with Crippen LogP contribution in [0.15, 0.2) is 36.5 Å². The summed E-state index contributed by atoms with van der Waals surface area (Å²) in [7, 11) is 1.92. The van der Waals surface area contributed by atoms with Crippen molar-refractivity contribution in [3.05, 3.63) is 42.2 Å². The number of pyridine rings is 1. The van der Waals surface area contributed by atoms with Gasteiger partial charge < -0.3 is 15.1 Å². The number of aromatic nitrogens is 3. The van der Waals surface area contributed by atoms with Crippen molar-refractivity contribution in [2.45, 2.75) is 32.1 Å². The molecule has 3 aromatic rings. The fourth-order valence-corrected chi connectivity index (χ4v) is 4.54. The molecule has 2 saturated heterocycles. The normalized spacial score (nSPS) is 17.0. The minimum Gasteiger partial charge on any atom is -0.370 e. The smallest absolute Gasteiger partial charge is 0.274 e. The Labute approximate surface area is 176 Å².